The summed E-state index contributed by atoms with van der Waals surface area (Å²) in [7, 11) is 0. The second-order valence-corrected chi connectivity index (χ2v) is 5.32. The molecule has 0 spiro atoms. The topological polar surface area (TPSA) is 23.5 Å². The maximum atomic E-state index is 10.3. The smallest absolute Gasteiger partial charge is 0.0789 e. The molecule has 0 aromatic heterocycles. The van der Waals surface area contributed by atoms with Gasteiger partial charge in [-0.15, -0.1) is 0 Å². The van der Waals surface area contributed by atoms with Gasteiger partial charge in [0.1, 0.15) is 0 Å². The van der Waals surface area contributed by atoms with E-state index in [4.69, 9.17) is 0 Å². The molecule has 1 atom stereocenters. The van der Waals surface area contributed by atoms with E-state index >= 15 is 0 Å². The number of nitrogens with zero attached hydrogens (tertiary/aromatic N) is 1. The van der Waals surface area contributed by atoms with Crippen LogP contribution < -0.4 is 0 Å². The van der Waals surface area contributed by atoms with Crippen molar-refractivity contribution in [3.63, 3.8) is 0 Å². The molecule has 0 amide bonds. The van der Waals surface area contributed by atoms with Crippen molar-refractivity contribution in [3.05, 3.63) is 0 Å². The zero-order valence-electron chi connectivity index (χ0n) is 8.21. The van der Waals surface area contributed by atoms with Crippen LogP contribution in [0.15, 0.2) is 0 Å². The molecule has 1 saturated heterocycles. The van der Waals surface area contributed by atoms with Crippen molar-refractivity contribution in [1.82, 2.24) is 4.90 Å². The third-order valence-corrected chi connectivity index (χ3v) is 3.79. The second-order valence-electron chi connectivity index (χ2n) is 5.32. The zero-order chi connectivity index (χ0) is 8.89. The molecule has 1 heterocycles. The van der Waals surface area contributed by atoms with Gasteiger partial charge in [-0.1, -0.05) is 12.8 Å². The van der Waals surface area contributed by atoms with Crippen LogP contribution in [0.5, 0.6) is 0 Å². The highest BCUT2D eigenvalue weighted by Gasteiger charge is 2.44. The lowest BCUT2D eigenvalue weighted by molar-refractivity contribution is 0.0343. The molecule has 0 aromatic carbocycles. The molecule has 0 aromatic rings. The first-order valence-corrected chi connectivity index (χ1v) is 5.72. The average molecular weight is 181 g/mol. The molecule has 2 nitrogen and oxygen atoms in total. The SMILES string of the molecule is OC1(CC2CC2)CCN(C2CC2)C1. The molecule has 2 heteroatoms. The lowest BCUT2D eigenvalue weighted by atomic mass is 9.96. The van der Waals surface area contributed by atoms with Gasteiger partial charge < -0.3 is 5.11 Å². The van der Waals surface area contributed by atoms with E-state index in [2.05, 4.69) is 4.90 Å². The minimum atomic E-state index is -0.302. The Bertz CT molecular complexity index is 210. The van der Waals surface area contributed by atoms with Crippen LogP contribution in [0.3, 0.4) is 0 Å². The quantitative estimate of drug-likeness (QED) is 0.711. The number of hydrogen-bond donors (Lipinski definition) is 1. The van der Waals surface area contributed by atoms with Crippen LogP contribution in [0.4, 0.5) is 0 Å². The van der Waals surface area contributed by atoms with Gasteiger partial charge in [0, 0.05) is 19.1 Å². The number of likely N-dealkylation sites (tertiary alicyclic amines) is 1. The van der Waals surface area contributed by atoms with Crippen molar-refractivity contribution < 1.29 is 5.11 Å². The first-order valence-electron chi connectivity index (χ1n) is 5.72. The van der Waals surface area contributed by atoms with Crippen LogP contribution in [0.1, 0.15) is 38.5 Å². The Morgan fingerprint density at radius 2 is 2.00 bits per heavy atom. The molecule has 1 unspecified atom stereocenters. The highest BCUT2D eigenvalue weighted by molar-refractivity contribution is 4.98. The Labute approximate surface area is 79.9 Å². The van der Waals surface area contributed by atoms with Gasteiger partial charge in [-0.3, -0.25) is 4.90 Å². The van der Waals surface area contributed by atoms with Crippen LogP contribution in [0.25, 0.3) is 0 Å². The molecular weight excluding hydrogens is 162 g/mol. The Balaban J connectivity index is 1.58. The van der Waals surface area contributed by atoms with Crippen LogP contribution in [0, 0.1) is 5.92 Å². The lowest BCUT2D eigenvalue weighted by Crippen LogP contribution is -2.34. The third kappa shape index (κ3) is 1.75. The first kappa shape index (κ1) is 8.25. The summed E-state index contributed by atoms with van der Waals surface area (Å²) in [4.78, 5) is 2.50. The number of rotatable bonds is 3. The molecular formula is C11H19NO. The van der Waals surface area contributed by atoms with Crippen molar-refractivity contribution in [3.8, 4) is 0 Å². The van der Waals surface area contributed by atoms with E-state index in [0.717, 1.165) is 37.9 Å². The van der Waals surface area contributed by atoms with Gasteiger partial charge >= 0.3 is 0 Å². The van der Waals surface area contributed by atoms with Gasteiger partial charge in [-0.2, -0.15) is 0 Å². The molecule has 1 N–H and O–H groups in total. The normalized spacial score (nSPS) is 41.3. The van der Waals surface area contributed by atoms with Crippen LogP contribution in [-0.2, 0) is 0 Å². The van der Waals surface area contributed by atoms with Gasteiger partial charge in [-0.05, 0) is 31.6 Å². The predicted octanol–water partition coefficient (Wildman–Crippen LogP) is 1.39. The van der Waals surface area contributed by atoms with Crippen LogP contribution >= 0.6 is 0 Å². The molecule has 74 valence electrons. The molecule has 0 radical (unpaired) electrons. The minimum absolute atomic E-state index is 0.302. The summed E-state index contributed by atoms with van der Waals surface area (Å²) in [6, 6.07) is 0.841. The Hall–Kier alpha value is -0.0800. The largest absolute Gasteiger partial charge is 0.388 e. The van der Waals surface area contributed by atoms with E-state index < -0.39 is 0 Å². The zero-order valence-corrected chi connectivity index (χ0v) is 8.21. The first-order chi connectivity index (χ1) is 6.25. The average Bonchev–Trinajstić information content (AvgIpc) is 2.92. The maximum absolute atomic E-state index is 10.3. The summed E-state index contributed by atoms with van der Waals surface area (Å²) in [5.74, 6) is 0.865. The second kappa shape index (κ2) is 2.71. The summed E-state index contributed by atoms with van der Waals surface area (Å²) in [5, 5.41) is 10.3. The number of aliphatic hydroxyl groups is 1. The summed E-state index contributed by atoms with van der Waals surface area (Å²) in [6.45, 7) is 2.11. The molecule has 3 rings (SSSR count). The van der Waals surface area contributed by atoms with Crippen molar-refractivity contribution >= 4 is 0 Å². The van der Waals surface area contributed by atoms with E-state index in [0.29, 0.717) is 0 Å². The summed E-state index contributed by atoms with van der Waals surface area (Å²) in [6.07, 6.45) is 7.59. The van der Waals surface area contributed by atoms with Gasteiger partial charge in [0.05, 0.1) is 5.60 Å². The Morgan fingerprint density at radius 1 is 1.23 bits per heavy atom. The van der Waals surface area contributed by atoms with Gasteiger partial charge in [0.25, 0.3) is 0 Å². The number of β-amino-alcohol motifs (C(OH)–C–C–N with tert-alkyl or cyclic N) is 1. The van der Waals surface area contributed by atoms with Gasteiger partial charge in [-0.25, -0.2) is 0 Å². The third-order valence-electron chi connectivity index (χ3n) is 3.79. The fourth-order valence-electron chi connectivity index (χ4n) is 2.67. The summed E-state index contributed by atoms with van der Waals surface area (Å²) in [5.41, 5.74) is -0.302. The van der Waals surface area contributed by atoms with Crippen molar-refractivity contribution in [2.24, 2.45) is 5.92 Å². The fourth-order valence-corrected chi connectivity index (χ4v) is 2.67. The predicted molar refractivity (Wildman–Crippen MR) is 51.5 cm³/mol. The van der Waals surface area contributed by atoms with E-state index in [1.165, 1.54) is 25.7 Å². The lowest BCUT2D eigenvalue weighted by Gasteiger charge is -2.23. The standard InChI is InChI=1S/C11H19NO/c13-11(7-9-1-2-9)5-6-12(8-11)10-3-4-10/h9-10,13H,1-8H2. The van der Waals surface area contributed by atoms with Crippen molar-refractivity contribution in [2.75, 3.05) is 13.1 Å². The molecule has 0 bridgehead atoms. The maximum Gasteiger partial charge on any atom is 0.0789 e. The Kier molecular flexibility index (Phi) is 1.72. The highest BCUT2D eigenvalue weighted by atomic mass is 16.3. The van der Waals surface area contributed by atoms with E-state index in [1.807, 2.05) is 0 Å². The minimum Gasteiger partial charge on any atom is -0.388 e. The summed E-state index contributed by atoms with van der Waals surface area (Å²) < 4.78 is 0. The van der Waals surface area contributed by atoms with Crippen LogP contribution in [-0.4, -0.2) is 34.7 Å². The molecule has 13 heavy (non-hydrogen) atoms. The molecule has 1 aliphatic heterocycles. The molecule has 3 fully saturated rings. The summed E-state index contributed by atoms with van der Waals surface area (Å²) >= 11 is 0. The van der Waals surface area contributed by atoms with E-state index in [-0.39, 0.29) is 5.60 Å². The monoisotopic (exact) mass is 181 g/mol. The van der Waals surface area contributed by atoms with Crippen LogP contribution in [0.2, 0.25) is 0 Å². The van der Waals surface area contributed by atoms with Crippen molar-refractivity contribution in [1.29, 1.82) is 0 Å². The molecule has 2 aliphatic carbocycles. The Morgan fingerprint density at radius 3 is 2.62 bits per heavy atom. The van der Waals surface area contributed by atoms with Gasteiger partial charge in [0.15, 0.2) is 0 Å². The molecule has 2 saturated carbocycles. The number of hydrogen-bond acceptors (Lipinski definition) is 2. The van der Waals surface area contributed by atoms with Crippen molar-refractivity contribution in [2.45, 2.75) is 50.2 Å². The van der Waals surface area contributed by atoms with E-state index in [9.17, 15) is 5.11 Å². The van der Waals surface area contributed by atoms with E-state index in [1.54, 1.807) is 0 Å². The fraction of sp³-hybridized carbons (Fsp3) is 1.00. The molecule has 3 aliphatic rings. The van der Waals surface area contributed by atoms with Gasteiger partial charge in [0.2, 0.25) is 0 Å². The highest BCUT2D eigenvalue weighted by Crippen LogP contribution is 2.42.